The molecule has 1 unspecified atom stereocenters. The molecule has 1 heterocycles. The molecular formula is C18H21Cl2N3O. The second-order valence-corrected chi connectivity index (χ2v) is 6.69. The van der Waals surface area contributed by atoms with Crippen LogP contribution in [-0.2, 0) is 0 Å². The number of pyridine rings is 1. The Labute approximate surface area is 152 Å². The molecule has 1 aromatic heterocycles. The summed E-state index contributed by atoms with van der Waals surface area (Å²) in [5, 5.41) is 0.908. The minimum Gasteiger partial charge on any atom is -0.439 e. The summed E-state index contributed by atoms with van der Waals surface area (Å²) in [6.45, 7) is 6.16. The Hall–Kier alpha value is -1.78. The molecule has 0 radical (unpaired) electrons. The largest absolute Gasteiger partial charge is 0.439 e. The Bertz CT molecular complexity index is 760. The number of ether oxygens (including phenoxy) is 1. The minimum atomic E-state index is -0.00939. The molecule has 0 amide bonds. The molecule has 1 atom stereocenters. The van der Waals surface area contributed by atoms with Crippen molar-refractivity contribution in [3.05, 3.63) is 45.6 Å². The maximum Gasteiger partial charge on any atom is 0.219 e. The van der Waals surface area contributed by atoms with E-state index in [2.05, 4.69) is 23.8 Å². The van der Waals surface area contributed by atoms with Crippen molar-refractivity contribution in [3.8, 4) is 11.6 Å². The highest BCUT2D eigenvalue weighted by Crippen LogP contribution is 2.34. The van der Waals surface area contributed by atoms with Gasteiger partial charge in [-0.05, 0) is 23.6 Å². The van der Waals surface area contributed by atoms with Gasteiger partial charge in [-0.1, -0.05) is 44.0 Å². The lowest BCUT2D eigenvalue weighted by Crippen LogP contribution is -2.09. The van der Waals surface area contributed by atoms with E-state index in [-0.39, 0.29) is 11.8 Å². The smallest absolute Gasteiger partial charge is 0.219 e. The van der Waals surface area contributed by atoms with Gasteiger partial charge in [0.05, 0.1) is 21.4 Å². The van der Waals surface area contributed by atoms with Crippen LogP contribution in [0.1, 0.15) is 43.9 Å². The van der Waals surface area contributed by atoms with E-state index in [9.17, 15) is 0 Å². The normalized spacial score (nSPS) is 12.8. The number of halogens is 2. The zero-order valence-corrected chi connectivity index (χ0v) is 15.7. The van der Waals surface area contributed by atoms with Gasteiger partial charge < -0.3 is 15.5 Å². The molecule has 24 heavy (non-hydrogen) atoms. The van der Waals surface area contributed by atoms with Gasteiger partial charge in [0, 0.05) is 31.3 Å². The number of nitrogens with two attached hydrogens (primary N) is 1. The number of hydrogen-bond donors (Lipinski definition) is 1. The fourth-order valence-electron chi connectivity index (χ4n) is 2.40. The summed E-state index contributed by atoms with van der Waals surface area (Å²) in [5.41, 5.74) is 8.73. The first kappa shape index (κ1) is 18.6. The van der Waals surface area contributed by atoms with E-state index in [0.29, 0.717) is 27.4 Å². The molecule has 0 aliphatic carbocycles. The van der Waals surface area contributed by atoms with Gasteiger partial charge in [0.25, 0.3) is 0 Å². The van der Waals surface area contributed by atoms with Crippen molar-refractivity contribution in [2.24, 2.45) is 4.99 Å². The lowest BCUT2D eigenvalue weighted by Gasteiger charge is -2.18. The molecule has 0 spiro atoms. The van der Waals surface area contributed by atoms with E-state index in [1.165, 1.54) is 0 Å². The van der Waals surface area contributed by atoms with Crippen LogP contribution in [0.2, 0.25) is 10.0 Å². The van der Waals surface area contributed by atoms with Crippen molar-refractivity contribution in [2.75, 3.05) is 12.8 Å². The molecule has 2 N–H and O–H groups in total. The first-order chi connectivity index (χ1) is 11.3. The van der Waals surface area contributed by atoms with Crippen LogP contribution in [-0.4, -0.2) is 18.2 Å². The Morgan fingerprint density at radius 3 is 2.46 bits per heavy atom. The van der Waals surface area contributed by atoms with Gasteiger partial charge in [-0.2, -0.15) is 0 Å². The predicted octanol–water partition coefficient (Wildman–Crippen LogP) is 5.69. The first-order valence-electron chi connectivity index (χ1n) is 7.69. The topological polar surface area (TPSA) is 60.5 Å². The van der Waals surface area contributed by atoms with Gasteiger partial charge in [-0.3, -0.25) is 0 Å². The standard InChI is InChI=1S/C18H21Cl2N3O/c1-10(2)13-8-16(23-18(17(13)21)11(3)9-22-4)24-12-5-6-14(19)15(20)7-12/h5-11H,21H2,1-4H3. The SMILES string of the molecule is CN=CC(C)c1nc(Oc2ccc(Cl)c(Cl)c2)cc(C(C)C)c1N. The summed E-state index contributed by atoms with van der Waals surface area (Å²) in [4.78, 5) is 8.64. The van der Waals surface area contributed by atoms with E-state index in [0.717, 1.165) is 11.3 Å². The summed E-state index contributed by atoms with van der Waals surface area (Å²) >= 11 is 12.0. The number of aliphatic imine (C=N–C) groups is 1. The van der Waals surface area contributed by atoms with Crippen LogP contribution in [0.5, 0.6) is 11.6 Å². The Morgan fingerprint density at radius 2 is 1.88 bits per heavy atom. The molecule has 0 saturated carbocycles. The number of aromatic nitrogens is 1. The van der Waals surface area contributed by atoms with Crippen LogP contribution >= 0.6 is 23.2 Å². The molecule has 1 aromatic carbocycles. The Morgan fingerprint density at radius 1 is 1.17 bits per heavy atom. The monoisotopic (exact) mass is 365 g/mol. The third kappa shape index (κ3) is 4.19. The number of hydrogen-bond acceptors (Lipinski definition) is 4. The highest BCUT2D eigenvalue weighted by Gasteiger charge is 2.17. The molecule has 128 valence electrons. The van der Waals surface area contributed by atoms with E-state index < -0.39 is 0 Å². The Kier molecular flexibility index (Phi) is 6.08. The number of benzene rings is 1. The van der Waals surface area contributed by atoms with E-state index in [4.69, 9.17) is 33.7 Å². The zero-order valence-electron chi connectivity index (χ0n) is 14.2. The maximum atomic E-state index is 6.30. The van der Waals surface area contributed by atoms with E-state index in [1.54, 1.807) is 25.2 Å². The van der Waals surface area contributed by atoms with Crippen LogP contribution in [0.15, 0.2) is 29.3 Å². The molecule has 0 aliphatic rings. The molecule has 0 bridgehead atoms. The van der Waals surface area contributed by atoms with Crippen molar-refractivity contribution in [1.82, 2.24) is 4.98 Å². The van der Waals surface area contributed by atoms with Gasteiger partial charge in [0.1, 0.15) is 5.75 Å². The van der Waals surface area contributed by atoms with Crippen molar-refractivity contribution in [3.63, 3.8) is 0 Å². The molecule has 2 rings (SSSR count). The fourth-order valence-corrected chi connectivity index (χ4v) is 2.69. The predicted molar refractivity (Wildman–Crippen MR) is 102 cm³/mol. The molecule has 0 aliphatic heterocycles. The lowest BCUT2D eigenvalue weighted by atomic mass is 9.97. The quantitative estimate of drug-likeness (QED) is 0.692. The number of nitrogen functional groups attached to an aromatic ring is 1. The average Bonchev–Trinajstić information content (AvgIpc) is 2.52. The summed E-state index contributed by atoms with van der Waals surface area (Å²) in [6, 6.07) is 6.96. The third-order valence-corrected chi connectivity index (χ3v) is 4.38. The lowest BCUT2D eigenvalue weighted by molar-refractivity contribution is 0.459. The molecular weight excluding hydrogens is 345 g/mol. The van der Waals surface area contributed by atoms with Crippen LogP contribution in [0.4, 0.5) is 5.69 Å². The molecule has 0 fully saturated rings. The van der Waals surface area contributed by atoms with E-state index >= 15 is 0 Å². The highest BCUT2D eigenvalue weighted by atomic mass is 35.5. The van der Waals surface area contributed by atoms with Crippen LogP contribution < -0.4 is 10.5 Å². The summed E-state index contributed by atoms with van der Waals surface area (Å²) in [7, 11) is 1.73. The first-order valence-corrected chi connectivity index (χ1v) is 8.44. The van der Waals surface area contributed by atoms with Gasteiger partial charge in [0.2, 0.25) is 5.88 Å². The van der Waals surface area contributed by atoms with Crippen LogP contribution in [0.3, 0.4) is 0 Å². The molecule has 2 aromatic rings. The molecule has 0 saturated heterocycles. The van der Waals surface area contributed by atoms with Gasteiger partial charge in [-0.25, -0.2) is 4.98 Å². The van der Waals surface area contributed by atoms with Crippen molar-refractivity contribution < 1.29 is 4.74 Å². The van der Waals surface area contributed by atoms with Crippen LogP contribution in [0.25, 0.3) is 0 Å². The minimum absolute atomic E-state index is 0.00939. The van der Waals surface area contributed by atoms with Crippen LogP contribution in [0, 0.1) is 0 Å². The van der Waals surface area contributed by atoms with Crippen molar-refractivity contribution in [2.45, 2.75) is 32.6 Å². The van der Waals surface area contributed by atoms with Crippen molar-refractivity contribution >= 4 is 35.1 Å². The van der Waals surface area contributed by atoms with E-state index in [1.807, 2.05) is 19.2 Å². The van der Waals surface area contributed by atoms with Crippen molar-refractivity contribution in [1.29, 1.82) is 0 Å². The fraction of sp³-hybridized carbons (Fsp3) is 0.333. The molecule has 4 nitrogen and oxygen atoms in total. The number of anilines is 1. The number of rotatable bonds is 5. The summed E-state index contributed by atoms with van der Waals surface area (Å²) < 4.78 is 5.87. The summed E-state index contributed by atoms with van der Waals surface area (Å²) in [5.74, 6) is 1.27. The van der Waals surface area contributed by atoms with Gasteiger partial charge in [-0.15, -0.1) is 0 Å². The highest BCUT2D eigenvalue weighted by molar-refractivity contribution is 6.42. The maximum absolute atomic E-state index is 6.30. The third-order valence-electron chi connectivity index (χ3n) is 3.64. The average molecular weight is 366 g/mol. The molecule has 6 heteroatoms. The second-order valence-electron chi connectivity index (χ2n) is 5.88. The Balaban J connectivity index is 2.47. The van der Waals surface area contributed by atoms with Gasteiger partial charge >= 0.3 is 0 Å². The second kappa shape index (κ2) is 7.86. The summed E-state index contributed by atoms with van der Waals surface area (Å²) in [6.07, 6.45) is 1.81. The van der Waals surface area contributed by atoms with Gasteiger partial charge in [0.15, 0.2) is 0 Å². The number of nitrogens with zero attached hydrogens (tertiary/aromatic N) is 2. The zero-order chi connectivity index (χ0) is 17.9.